The number of nitrogens with one attached hydrogen (secondary N) is 1. The topological polar surface area (TPSA) is 116 Å². The van der Waals surface area contributed by atoms with Gasteiger partial charge in [0.15, 0.2) is 5.78 Å². The maximum absolute atomic E-state index is 12.8. The van der Waals surface area contributed by atoms with E-state index in [1.54, 1.807) is 24.0 Å². The number of amides is 2. The maximum atomic E-state index is 12.8. The van der Waals surface area contributed by atoms with Gasteiger partial charge in [0.2, 0.25) is 21.8 Å². The van der Waals surface area contributed by atoms with Crippen LogP contribution in [-0.2, 0) is 24.3 Å². The molecule has 0 aliphatic carbocycles. The lowest BCUT2D eigenvalue weighted by Crippen LogP contribution is -2.52. The lowest BCUT2D eigenvalue weighted by Gasteiger charge is -2.34. The van der Waals surface area contributed by atoms with E-state index in [4.69, 9.17) is 4.74 Å². The number of methoxy groups -OCH3 is 1. The van der Waals surface area contributed by atoms with Crippen molar-refractivity contribution in [3.63, 3.8) is 0 Å². The molecule has 1 heterocycles. The van der Waals surface area contributed by atoms with E-state index in [0.29, 0.717) is 18.7 Å². The molecule has 2 rings (SSSR count). The second-order valence-corrected chi connectivity index (χ2v) is 9.67. The van der Waals surface area contributed by atoms with Crippen LogP contribution in [0.15, 0.2) is 29.2 Å². The van der Waals surface area contributed by atoms with Crippen LogP contribution in [-0.4, -0.2) is 107 Å². The summed E-state index contributed by atoms with van der Waals surface area (Å²) in [4.78, 5) is 39.2. The van der Waals surface area contributed by atoms with Gasteiger partial charge in [0.25, 0.3) is 0 Å². The van der Waals surface area contributed by atoms with E-state index in [1.807, 2.05) is 0 Å². The molecule has 0 saturated carbocycles. The Labute approximate surface area is 189 Å². The third-order valence-corrected chi connectivity index (χ3v) is 7.07. The Balaban J connectivity index is 1.81. The van der Waals surface area contributed by atoms with Gasteiger partial charge in [-0.3, -0.25) is 19.3 Å². The van der Waals surface area contributed by atoms with Crippen molar-refractivity contribution in [3.8, 4) is 0 Å². The van der Waals surface area contributed by atoms with Crippen molar-refractivity contribution in [2.24, 2.45) is 0 Å². The van der Waals surface area contributed by atoms with E-state index in [0.717, 1.165) is 6.42 Å². The normalized spacial score (nSPS) is 15.1. The Morgan fingerprint density at radius 3 is 2.25 bits per heavy atom. The maximum Gasteiger partial charge on any atom is 0.243 e. The van der Waals surface area contributed by atoms with Crippen LogP contribution in [0.5, 0.6) is 0 Å². The fourth-order valence-corrected chi connectivity index (χ4v) is 4.74. The number of Topliss-reactive ketones (excluding diaryl/α,β-unsaturated/α-hetero) is 1. The van der Waals surface area contributed by atoms with Gasteiger partial charge >= 0.3 is 0 Å². The Morgan fingerprint density at radius 1 is 1.06 bits per heavy atom. The minimum atomic E-state index is -3.69. The fraction of sp³-hybridized carbons (Fsp3) is 0.571. The van der Waals surface area contributed by atoms with Gasteiger partial charge in [-0.25, -0.2) is 8.42 Å². The number of benzene rings is 1. The molecule has 0 aromatic heterocycles. The van der Waals surface area contributed by atoms with Crippen molar-refractivity contribution in [3.05, 3.63) is 29.8 Å². The molecule has 10 nitrogen and oxygen atoms in total. The lowest BCUT2D eigenvalue weighted by atomic mass is 10.2. The number of hydrogen-bond donors (Lipinski definition) is 1. The van der Waals surface area contributed by atoms with Crippen LogP contribution in [0.1, 0.15) is 23.7 Å². The number of carbonyl (C=O) groups excluding carboxylic acids is 3. The van der Waals surface area contributed by atoms with E-state index in [-0.39, 0.29) is 61.8 Å². The monoisotopic (exact) mass is 468 g/mol. The highest BCUT2D eigenvalue weighted by Gasteiger charge is 2.30. The number of piperazine rings is 1. The van der Waals surface area contributed by atoms with Crippen LogP contribution in [0, 0.1) is 0 Å². The number of ketones is 1. The summed E-state index contributed by atoms with van der Waals surface area (Å²) >= 11 is 0. The summed E-state index contributed by atoms with van der Waals surface area (Å²) in [6.45, 7) is 3.61. The molecular weight excluding hydrogens is 436 g/mol. The molecule has 1 aromatic rings. The first-order valence-corrected chi connectivity index (χ1v) is 11.9. The first kappa shape index (κ1) is 25.9. The summed E-state index contributed by atoms with van der Waals surface area (Å²) in [5, 5.41) is 2.77. The van der Waals surface area contributed by atoms with Crippen LogP contribution >= 0.6 is 0 Å². The third kappa shape index (κ3) is 7.37. The fourth-order valence-electron chi connectivity index (χ4n) is 3.32. The molecule has 1 fully saturated rings. The van der Waals surface area contributed by atoms with Gasteiger partial charge in [0.05, 0.1) is 18.0 Å². The molecule has 1 aromatic carbocycles. The summed E-state index contributed by atoms with van der Waals surface area (Å²) in [6.07, 6.45) is 0.721. The lowest BCUT2D eigenvalue weighted by molar-refractivity contribution is -0.133. The number of rotatable bonds is 11. The number of nitrogens with zero attached hydrogens (tertiary/aromatic N) is 3. The molecule has 11 heteroatoms. The Bertz CT molecular complexity index is 895. The third-order valence-electron chi connectivity index (χ3n) is 5.16. The zero-order valence-corrected chi connectivity index (χ0v) is 19.7. The van der Waals surface area contributed by atoms with Gasteiger partial charge in [-0.15, -0.1) is 0 Å². The molecule has 0 spiro atoms. The molecule has 178 valence electrons. The number of hydrogen-bond acceptors (Lipinski definition) is 7. The predicted octanol–water partition coefficient (Wildman–Crippen LogP) is -0.193. The van der Waals surface area contributed by atoms with Crippen molar-refractivity contribution in [1.29, 1.82) is 0 Å². The molecule has 1 N–H and O–H groups in total. The van der Waals surface area contributed by atoms with Gasteiger partial charge in [-0.05, 0) is 32.5 Å². The first-order valence-electron chi connectivity index (χ1n) is 10.5. The van der Waals surface area contributed by atoms with Crippen LogP contribution in [0.2, 0.25) is 0 Å². The highest BCUT2D eigenvalue weighted by Crippen LogP contribution is 2.18. The second kappa shape index (κ2) is 12.0. The number of carbonyl (C=O) groups is 3. The average molecular weight is 469 g/mol. The average Bonchev–Trinajstić information content (AvgIpc) is 2.76. The summed E-state index contributed by atoms with van der Waals surface area (Å²) in [5.41, 5.74) is 0.451. The zero-order chi connectivity index (χ0) is 23.7. The van der Waals surface area contributed by atoms with Crippen molar-refractivity contribution >= 4 is 27.6 Å². The van der Waals surface area contributed by atoms with Crippen molar-refractivity contribution in [2.75, 3.05) is 66.6 Å². The molecule has 0 atom stereocenters. The SMILES string of the molecule is COCCCNC(=O)CN(C)CC(=O)N1CCN(S(=O)(=O)c2ccc(C(C)=O)cc2)CC1. The Kier molecular flexibility index (Phi) is 9.76. The molecule has 0 unspecified atom stereocenters. The second-order valence-electron chi connectivity index (χ2n) is 7.73. The smallest absolute Gasteiger partial charge is 0.243 e. The largest absolute Gasteiger partial charge is 0.385 e. The number of likely N-dealkylation sites (N-methyl/N-ethyl adjacent to an activating group) is 1. The van der Waals surface area contributed by atoms with E-state index < -0.39 is 10.0 Å². The summed E-state index contributed by atoms with van der Waals surface area (Å²) in [6, 6.07) is 5.86. The molecule has 0 bridgehead atoms. The van der Waals surface area contributed by atoms with E-state index in [1.165, 1.54) is 35.5 Å². The molecular formula is C21H32N4O6S. The first-order chi connectivity index (χ1) is 15.1. The quantitative estimate of drug-likeness (QED) is 0.353. The van der Waals surface area contributed by atoms with Gasteiger partial charge in [0.1, 0.15) is 0 Å². The van der Waals surface area contributed by atoms with Crippen LogP contribution in [0.3, 0.4) is 0 Å². The molecule has 1 aliphatic heterocycles. The van der Waals surface area contributed by atoms with Crippen LogP contribution < -0.4 is 5.32 Å². The van der Waals surface area contributed by atoms with Crippen molar-refractivity contribution < 1.29 is 27.5 Å². The van der Waals surface area contributed by atoms with Gasteiger partial charge in [-0.1, -0.05) is 12.1 Å². The highest BCUT2D eigenvalue weighted by atomic mass is 32.2. The minimum absolute atomic E-state index is 0.0742. The zero-order valence-electron chi connectivity index (χ0n) is 18.9. The van der Waals surface area contributed by atoms with E-state index in [2.05, 4.69) is 5.32 Å². The summed E-state index contributed by atoms with van der Waals surface area (Å²) in [5.74, 6) is -0.444. The Hall–Kier alpha value is -2.34. The standard InChI is InChI=1S/C21H32N4O6S/c1-17(26)18-5-7-19(8-6-18)32(29,30)25-12-10-24(11-13-25)21(28)16-23(2)15-20(27)22-9-4-14-31-3/h5-8H,4,9-16H2,1-3H3,(H,22,27). The van der Waals surface area contributed by atoms with Gasteiger partial charge < -0.3 is 15.0 Å². The predicted molar refractivity (Wildman–Crippen MR) is 119 cm³/mol. The highest BCUT2D eigenvalue weighted by molar-refractivity contribution is 7.89. The Morgan fingerprint density at radius 2 is 1.69 bits per heavy atom. The summed E-state index contributed by atoms with van der Waals surface area (Å²) < 4.78 is 32.0. The van der Waals surface area contributed by atoms with Gasteiger partial charge in [-0.2, -0.15) is 4.31 Å². The van der Waals surface area contributed by atoms with Crippen molar-refractivity contribution in [2.45, 2.75) is 18.2 Å². The van der Waals surface area contributed by atoms with Gasteiger partial charge in [0, 0.05) is 52.0 Å². The molecule has 2 amide bonds. The van der Waals surface area contributed by atoms with Crippen LogP contribution in [0.4, 0.5) is 0 Å². The molecule has 1 aliphatic rings. The minimum Gasteiger partial charge on any atom is -0.385 e. The molecule has 0 radical (unpaired) electrons. The number of sulfonamides is 1. The van der Waals surface area contributed by atoms with E-state index >= 15 is 0 Å². The summed E-state index contributed by atoms with van der Waals surface area (Å²) in [7, 11) is -0.401. The van der Waals surface area contributed by atoms with Crippen LogP contribution in [0.25, 0.3) is 0 Å². The van der Waals surface area contributed by atoms with Crippen molar-refractivity contribution in [1.82, 2.24) is 19.4 Å². The molecule has 1 saturated heterocycles. The van der Waals surface area contributed by atoms with E-state index in [9.17, 15) is 22.8 Å². The number of ether oxygens (including phenoxy) is 1. The molecule has 32 heavy (non-hydrogen) atoms.